The number of aromatic nitrogens is 5. The molecule has 0 saturated heterocycles. The van der Waals surface area contributed by atoms with Gasteiger partial charge in [-0.1, -0.05) is 24.1 Å². The van der Waals surface area contributed by atoms with E-state index in [0.717, 1.165) is 30.3 Å². The number of halogens is 2. The van der Waals surface area contributed by atoms with Crippen molar-refractivity contribution in [1.82, 2.24) is 29.9 Å². The summed E-state index contributed by atoms with van der Waals surface area (Å²) in [5.41, 5.74) is -0.388. The Morgan fingerprint density at radius 3 is 2.76 bits per heavy atom. The van der Waals surface area contributed by atoms with Crippen LogP contribution in [0.5, 0.6) is 0 Å². The van der Waals surface area contributed by atoms with Crippen LogP contribution in [0, 0.1) is 11.7 Å². The molecule has 2 N–H and O–H groups in total. The minimum absolute atomic E-state index is 0.0342. The Kier molecular flexibility index (Phi) is 8.70. The minimum Gasteiger partial charge on any atom is -0.345 e. The van der Waals surface area contributed by atoms with Crippen molar-refractivity contribution in [3.63, 3.8) is 0 Å². The number of hydrogen-bond acceptors (Lipinski definition) is 6. The average Bonchev–Trinajstić information content (AvgIpc) is 3.58. The van der Waals surface area contributed by atoms with Crippen LogP contribution in [0.4, 0.5) is 14.5 Å². The third-order valence-electron chi connectivity index (χ3n) is 6.33. The van der Waals surface area contributed by atoms with Crippen molar-refractivity contribution in [3.8, 4) is 0 Å². The molecular formula is C25H29F2N7O3. The number of alkyl halides is 1. The van der Waals surface area contributed by atoms with Crippen molar-refractivity contribution in [1.29, 1.82) is 0 Å². The Morgan fingerprint density at radius 2 is 2.00 bits per heavy atom. The van der Waals surface area contributed by atoms with E-state index >= 15 is 0 Å². The van der Waals surface area contributed by atoms with E-state index in [1.54, 1.807) is 24.4 Å². The highest BCUT2D eigenvalue weighted by molar-refractivity contribution is 5.91. The van der Waals surface area contributed by atoms with E-state index in [-0.39, 0.29) is 43.3 Å². The highest BCUT2D eigenvalue weighted by Crippen LogP contribution is 2.27. The first-order chi connectivity index (χ1) is 17.9. The van der Waals surface area contributed by atoms with Gasteiger partial charge in [0.1, 0.15) is 6.17 Å². The maximum Gasteiger partial charge on any atom is 0.288 e. The molecule has 10 nitrogen and oxygen atoms in total. The van der Waals surface area contributed by atoms with Gasteiger partial charge in [-0.2, -0.15) is 4.39 Å². The molecule has 1 atom stereocenters. The number of aryl methyl sites for hydroxylation is 1. The predicted octanol–water partition coefficient (Wildman–Crippen LogP) is 2.85. The molecule has 4 rings (SSSR count). The van der Waals surface area contributed by atoms with E-state index in [4.69, 9.17) is 0 Å². The van der Waals surface area contributed by atoms with E-state index in [1.165, 1.54) is 23.1 Å². The Hall–Kier alpha value is -3.96. The van der Waals surface area contributed by atoms with Crippen LogP contribution >= 0.6 is 0 Å². The van der Waals surface area contributed by atoms with E-state index in [1.807, 2.05) is 0 Å². The van der Waals surface area contributed by atoms with Crippen LogP contribution in [0.25, 0.3) is 0 Å². The topological polar surface area (TPSA) is 124 Å². The SMILES string of the molecule is O=C(CC1CCCC1)Nc1ccn(CCC(F)Cn2cc(C(=O)NCc3ccccn3)nn2)c(=O)c1F. The molecule has 1 aliphatic carbocycles. The van der Waals surface area contributed by atoms with Gasteiger partial charge in [-0.3, -0.25) is 19.4 Å². The van der Waals surface area contributed by atoms with E-state index in [2.05, 4.69) is 25.9 Å². The number of anilines is 1. The molecule has 12 heteroatoms. The number of nitrogens with one attached hydrogen (secondary N) is 2. The summed E-state index contributed by atoms with van der Waals surface area (Å²) >= 11 is 0. The van der Waals surface area contributed by atoms with E-state index in [0.29, 0.717) is 18.0 Å². The molecule has 1 fully saturated rings. The van der Waals surface area contributed by atoms with E-state index < -0.39 is 23.5 Å². The van der Waals surface area contributed by atoms with Gasteiger partial charge in [0.2, 0.25) is 11.7 Å². The van der Waals surface area contributed by atoms with Gasteiger partial charge in [0.05, 0.1) is 30.7 Å². The zero-order valence-electron chi connectivity index (χ0n) is 20.3. The summed E-state index contributed by atoms with van der Waals surface area (Å²) in [6.45, 7) is -0.0427. The second kappa shape index (κ2) is 12.3. The fourth-order valence-electron chi connectivity index (χ4n) is 4.33. The van der Waals surface area contributed by atoms with Gasteiger partial charge in [-0.25, -0.2) is 9.07 Å². The zero-order chi connectivity index (χ0) is 26.2. The lowest BCUT2D eigenvalue weighted by atomic mass is 10.0. The number of carbonyl (C=O) groups is 2. The van der Waals surface area contributed by atoms with Crippen LogP contribution in [-0.2, 0) is 24.4 Å². The molecule has 0 aromatic carbocycles. The average molecular weight is 514 g/mol. The van der Waals surface area contributed by atoms with Crippen molar-refractivity contribution in [3.05, 3.63) is 70.4 Å². The lowest BCUT2D eigenvalue weighted by Crippen LogP contribution is -2.27. The van der Waals surface area contributed by atoms with Gasteiger partial charge < -0.3 is 15.2 Å². The summed E-state index contributed by atoms with van der Waals surface area (Å²) in [5, 5.41) is 12.7. The maximum absolute atomic E-state index is 14.6. The number of nitrogens with zero attached hydrogens (tertiary/aromatic N) is 5. The van der Waals surface area contributed by atoms with Crippen LogP contribution in [0.2, 0.25) is 0 Å². The molecule has 0 spiro atoms. The fourth-order valence-corrected chi connectivity index (χ4v) is 4.33. The summed E-state index contributed by atoms with van der Waals surface area (Å²) in [7, 11) is 0. The van der Waals surface area contributed by atoms with Crippen molar-refractivity contribution in [2.45, 2.75) is 64.3 Å². The van der Waals surface area contributed by atoms with Crippen molar-refractivity contribution < 1.29 is 18.4 Å². The quantitative estimate of drug-likeness (QED) is 0.406. The predicted molar refractivity (Wildman–Crippen MR) is 131 cm³/mol. The molecule has 196 valence electrons. The van der Waals surface area contributed by atoms with Crippen molar-refractivity contribution in [2.24, 2.45) is 5.92 Å². The normalized spacial score (nSPS) is 14.4. The molecule has 2 amide bonds. The van der Waals surface area contributed by atoms with Crippen molar-refractivity contribution >= 4 is 17.5 Å². The number of carbonyl (C=O) groups excluding carboxylic acids is 2. The first kappa shape index (κ1) is 26.1. The highest BCUT2D eigenvalue weighted by atomic mass is 19.1. The van der Waals surface area contributed by atoms with Gasteiger partial charge in [0.25, 0.3) is 11.5 Å². The number of rotatable bonds is 11. The molecule has 1 saturated carbocycles. The summed E-state index contributed by atoms with van der Waals surface area (Å²) in [5.74, 6) is -1.56. The Balaban J connectivity index is 1.25. The lowest BCUT2D eigenvalue weighted by Gasteiger charge is -2.13. The maximum atomic E-state index is 14.6. The second-order valence-corrected chi connectivity index (χ2v) is 9.16. The molecule has 0 radical (unpaired) electrons. The third kappa shape index (κ3) is 7.28. The first-order valence-corrected chi connectivity index (χ1v) is 12.3. The summed E-state index contributed by atoms with van der Waals surface area (Å²) in [6.07, 6.45) is 7.23. The second-order valence-electron chi connectivity index (χ2n) is 9.16. The number of pyridine rings is 2. The summed E-state index contributed by atoms with van der Waals surface area (Å²) in [4.78, 5) is 40.9. The van der Waals surface area contributed by atoms with Crippen molar-refractivity contribution in [2.75, 3.05) is 5.32 Å². The number of amides is 2. The number of hydrogen-bond donors (Lipinski definition) is 2. The van der Waals surface area contributed by atoms with E-state index in [9.17, 15) is 23.2 Å². The highest BCUT2D eigenvalue weighted by Gasteiger charge is 2.20. The monoisotopic (exact) mass is 513 g/mol. The Labute approximate surface area is 212 Å². The molecule has 37 heavy (non-hydrogen) atoms. The van der Waals surface area contributed by atoms with Crippen LogP contribution in [0.1, 0.15) is 54.7 Å². The fraction of sp³-hybridized carbons (Fsp3) is 0.440. The van der Waals surface area contributed by atoms with Gasteiger partial charge in [0.15, 0.2) is 5.69 Å². The third-order valence-corrected chi connectivity index (χ3v) is 6.33. The van der Waals surface area contributed by atoms with Crippen LogP contribution in [0.15, 0.2) is 47.7 Å². The standard InChI is InChI=1S/C25H29F2N7O3/c26-18(15-34-16-21(31-32-34)24(36)29-14-19-7-3-4-10-28-19)8-11-33-12-9-20(23(27)25(33)37)30-22(35)13-17-5-1-2-6-17/h3-4,7,9-10,12,16-18H,1-2,5-6,8,11,13-15H2,(H,29,36)(H,30,35). The Morgan fingerprint density at radius 1 is 1.19 bits per heavy atom. The Bertz CT molecular complexity index is 1270. The van der Waals surface area contributed by atoms with Gasteiger partial charge in [0, 0.05) is 25.4 Å². The molecule has 3 aromatic rings. The van der Waals surface area contributed by atoms with Crippen LogP contribution in [0.3, 0.4) is 0 Å². The lowest BCUT2D eigenvalue weighted by molar-refractivity contribution is -0.117. The molecule has 3 heterocycles. The molecular weight excluding hydrogens is 484 g/mol. The largest absolute Gasteiger partial charge is 0.345 e. The molecule has 0 aliphatic heterocycles. The molecule has 0 bridgehead atoms. The van der Waals surface area contributed by atoms with Gasteiger partial charge >= 0.3 is 0 Å². The van der Waals surface area contributed by atoms with Crippen LogP contribution < -0.4 is 16.2 Å². The van der Waals surface area contributed by atoms with Crippen LogP contribution in [-0.4, -0.2) is 42.5 Å². The minimum atomic E-state index is -1.42. The molecule has 3 aromatic heterocycles. The zero-order valence-corrected chi connectivity index (χ0v) is 20.3. The first-order valence-electron chi connectivity index (χ1n) is 12.3. The summed E-state index contributed by atoms with van der Waals surface area (Å²) < 4.78 is 31.4. The molecule has 1 aliphatic rings. The smallest absolute Gasteiger partial charge is 0.288 e. The molecule has 1 unspecified atom stereocenters. The van der Waals surface area contributed by atoms with Gasteiger partial charge in [-0.15, -0.1) is 5.10 Å². The summed E-state index contributed by atoms with van der Waals surface area (Å²) in [6, 6.07) is 6.65. The van der Waals surface area contributed by atoms with Gasteiger partial charge in [-0.05, 0) is 43.4 Å².